The lowest BCUT2D eigenvalue weighted by molar-refractivity contribution is -0.689. The number of benzene rings is 1. The van der Waals surface area contributed by atoms with Crippen LogP contribution in [-0.2, 0) is 16.8 Å². The van der Waals surface area contributed by atoms with Crippen molar-refractivity contribution >= 4 is 11.5 Å². The first kappa shape index (κ1) is 18.2. The molecule has 0 saturated carbocycles. The minimum atomic E-state index is -0.155. The lowest BCUT2D eigenvalue weighted by atomic mass is 9.83. The predicted molar refractivity (Wildman–Crippen MR) is 92.3 cm³/mol. The fourth-order valence-corrected chi connectivity index (χ4v) is 3.36. The topological polar surface area (TPSA) is 24.2 Å². The molecule has 0 radical (unpaired) electrons. The van der Waals surface area contributed by atoms with E-state index in [4.69, 9.17) is 0 Å². The molecule has 3 rings (SSSR count). The first-order valence-corrected chi connectivity index (χ1v) is 7.94. The van der Waals surface area contributed by atoms with E-state index >= 15 is 0 Å². The van der Waals surface area contributed by atoms with Gasteiger partial charge in [-0.1, -0.05) is 38.1 Å². The minimum absolute atomic E-state index is 0. The van der Waals surface area contributed by atoms with Crippen LogP contribution in [0.15, 0.2) is 60.4 Å². The van der Waals surface area contributed by atoms with E-state index in [2.05, 4.69) is 36.9 Å². The Morgan fingerprint density at radius 2 is 1.83 bits per heavy atom. The van der Waals surface area contributed by atoms with Crippen LogP contribution < -0.4 is 21.9 Å². The normalized spacial score (nSPS) is 16.7. The summed E-state index contributed by atoms with van der Waals surface area (Å²) in [7, 11) is 2.04. The summed E-state index contributed by atoms with van der Waals surface area (Å²) in [6, 6.07) is 14.3. The molecule has 1 aliphatic rings. The van der Waals surface area contributed by atoms with Crippen LogP contribution in [0.3, 0.4) is 0 Å². The van der Waals surface area contributed by atoms with Gasteiger partial charge in [0.2, 0.25) is 12.3 Å². The minimum Gasteiger partial charge on any atom is -1.00 e. The van der Waals surface area contributed by atoms with Gasteiger partial charge in [-0.15, -0.1) is 0 Å². The Hall–Kier alpha value is -2.13. The molecule has 126 valence electrons. The molecule has 24 heavy (non-hydrogen) atoms. The van der Waals surface area contributed by atoms with E-state index in [0.29, 0.717) is 6.54 Å². The molecule has 0 fully saturated rings. The monoisotopic (exact) mass is 342 g/mol. The Morgan fingerprint density at radius 1 is 1.17 bits per heavy atom. The zero-order valence-electron chi connectivity index (χ0n) is 14.6. The maximum Gasteiger partial charge on any atom is 0.222 e. The second-order valence-corrected chi connectivity index (χ2v) is 6.67. The summed E-state index contributed by atoms with van der Waals surface area (Å²) in [5.74, 6) is 0.118. The maximum atomic E-state index is 12.6. The highest BCUT2D eigenvalue weighted by Gasteiger charge is 2.38. The Morgan fingerprint density at radius 3 is 2.50 bits per heavy atom. The van der Waals surface area contributed by atoms with Gasteiger partial charge in [-0.3, -0.25) is 4.79 Å². The van der Waals surface area contributed by atoms with Crippen LogP contribution in [0.4, 0.5) is 5.69 Å². The number of para-hydroxylation sites is 1. The van der Waals surface area contributed by atoms with Gasteiger partial charge in [0.1, 0.15) is 0 Å². The molecular formula is C20H23ClN2O. The summed E-state index contributed by atoms with van der Waals surface area (Å²) in [5, 5.41) is 0. The summed E-state index contributed by atoms with van der Waals surface area (Å²) in [6.45, 7) is 6.74. The zero-order chi connectivity index (χ0) is 16.6. The van der Waals surface area contributed by atoms with Crippen LogP contribution in [0.25, 0.3) is 0 Å². The first-order valence-electron chi connectivity index (χ1n) is 7.94. The van der Waals surface area contributed by atoms with Crippen molar-refractivity contribution in [2.75, 3.05) is 11.9 Å². The number of rotatable bonds is 3. The number of aromatic nitrogens is 1. The summed E-state index contributed by atoms with van der Waals surface area (Å²) < 4.78 is 1.98. The lowest BCUT2D eigenvalue weighted by Crippen LogP contribution is -3.00. The van der Waals surface area contributed by atoms with Crippen LogP contribution in [0, 0.1) is 6.92 Å². The zero-order valence-corrected chi connectivity index (χ0v) is 15.3. The average molecular weight is 343 g/mol. The number of aryl methyl sites for hydroxylation is 1. The molecule has 0 bridgehead atoms. The molecule has 0 spiro atoms. The number of anilines is 1. The Kier molecular flexibility index (Phi) is 5.14. The molecule has 4 heteroatoms. The molecule has 1 aliphatic heterocycles. The summed E-state index contributed by atoms with van der Waals surface area (Å²) in [6.07, 6.45) is 3.75. The smallest absolute Gasteiger partial charge is 0.222 e. The van der Waals surface area contributed by atoms with Crippen molar-refractivity contribution in [1.29, 1.82) is 0 Å². The Labute approximate surface area is 150 Å². The van der Waals surface area contributed by atoms with E-state index in [9.17, 15) is 4.79 Å². The van der Waals surface area contributed by atoms with Crippen molar-refractivity contribution < 1.29 is 21.8 Å². The summed E-state index contributed by atoms with van der Waals surface area (Å²) in [5.41, 5.74) is 4.43. The SMILES string of the molecule is Cc1cccc[n+]1CC(=O)C=C1N(C)c2ccccc2C1(C)C.[Cl-]. The molecule has 0 N–H and O–H groups in total. The number of hydrogen-bond acceptors (Lipinski definition) is 2. The average Bonchev–Trinajstić information content (AvgIpc) is 2.71. The highest BCUT2D eigenvalue weighted by Crippen LogP contribution is 2.46. The van der Waals surface area contributed by atoms with Crippen molar-refractivity contribution in [3.8, 4) is 0 Å². The van der Waals surface area contributed by atoms with Gasteiger partial charge in [-0.05, 0) is 11.6 Å². The molecule has 1 aromatic heterocycles. The largest absolute Gasteiger partial charge is 1.00 e. The molecule has 0 aliphatic carbocycles. The molecule has 0 unspecified atom stereocenters. The summed E-state index contributed by atoms with van der Waals surface area (Å²) in [4.78, 5) is 14.7. The van der Waals surface area contributed by atoms with Gasteiger partial charge in [0.15, 0.2) is 11.9 Å². The Bertz CT molecular complexity index is 796. The number of hydrogen-bond donors (Lipinski definition) is 0. The van der Waals surface area contributed by atoms with Crippen LogP contribution in [0.2, 0.25) is 0 Å². The maximum absolute atomic E-state index is 12.6. The molecule has 0 amide bonds. The van der Waals surface area contributed by atoms with Gasteiger partial charge >= 0.3 is 0 Å². The van der Waals surface area contributed by atoms with Gasteiger partial charge in [-0.2, -0.15) is 4.57 Å². The second kappa shape index (κ2) is 6.78. The number of pyridine rings is 1. The van der Waals surface area contributed by atoms with Crippen LogP contribution >= 0.6 is 0 Å². The van der Waals surface area contributed by atoms with Crippen molar-refractivity contribution in [2.45, 2.75) is 32.7 Å². The number of carbonyl (C=O) groups excluding carboxylic acids is 1. The van der Waals surface area contributed by atoms with E-state index in [1.165, 1.54) is 11.3 Å². The fourth-order valence-electron chi connectivity index (χ4n) is 3.36. The van der Waals surface area contributed by atoms with Gasteiger partial charge < -0.3 is 17.3 Å². The van der Waals surface area contributed by atoms with Gasteiger partial charge in [0.25, 0.3) is 0 Å². The van der Waals surface area contributed by atoms with Crippen molar-refractivity contribution in [3.63, 3.8) is 0 Å². The van der Waals surface area contributed by atoms with E-state index in [1.54, 1.807) is 6.08 Å². The molecule has 3 nitrogen and oxygen atoms in total. The molecule has 2 heterocycles. The van der Waals surface area contributed by atoms with E-state index in [0.717, 1.165) is 11.4 Å². The second-order valence-electron chi connectivity index (χ2n) is 6.67. The number of ketones is 1. The molecule has 0 saturated heterocycles. The molecule has 2 aromatic rings. The van der Waals surface area contributed by atoms with E-state index < -0.39 is 0 Å². The molecule has 1 aromatic carbocycles. The third kappa shape index (κ3) is 3.09. The standard InChI is InChI=1S/C20H23N2O.ClH/c1-15-9-7-8-12-22(15)14-16(23)13-19-20(2,3)17-10-5-6-11-18(17)21(19)4;/h5-13H,14H2,1-4H3;1H/q+1;/p-1. The number of carbonyl (C=O) groups is 1. The highest BCUT2D eigenvalue weighted by atomic mass is 35.5. The van der Waals surface area contributed by atoms with Crippen molar-refractivity contribution in [1.82, 2.24) is 0 Å². The van der Waals surface area contributed by atoms with Gasteiger partial charge in [0, 0.05) is 49.0 Å². The van der Waals surface area contributed by atoms with Gasteiger partial charge in [0.05, 0.1) is 0 Å². The highest BCUT2D eigenvalue weighted by molar-refractivity contribution is 5.91. The van der Waals surface area contributed by atoms with E-state index in [1.807, 2.05) is 49.0 Å². The lowest BCUT2D eigenvalue weighted by Gasteiger charge is -2.23. The number of nitrogens with zero attached hydrogens (tertiary/aromatic N) is 2. The number of allylic oxidation sites excluding steroid dienone is 2. The summed E-state index contributed by atoms with van der Waals surface area (Å²) >= 11 is 0. The molecular weight excluding hydrogens is 320 g/mol. The third-order valence-electron chi connectivity index (χ3n) is 4.73. The Balaban J connectivity index is 0.00000208. The number of fused-ring (bicyclic) bond motifs is 1. The van der Waals surface area contributed by atoms with Crippen molar-refractivity contribution in [3.05, 3.63) is 71.7 Å². The van der Waals surface area contributed by atoms with Crippen LogP contribution in [0.1, 0.15) is 25.1 Å². The number of likely N-dealkylation sites (N-methyl/N-ethyl adjacent to an activating group) is 1. The first-order chi connectivity index (χ1) is 10.9. The predicted octanol–water partition coefficient (Wildman–Crippen LogP) is 0.167. The van der Waals surface area contributed by atoms with E-state index in [-0.39, 0.29) is 23.6 Å². The number of halogens is 1. The van der Waals surface area contributed by atoms with Crippen molar-refractivity contribution in [2.24, 2.45) is 0 Å². The third-order valence-corrected chi connectivity index (χ3v) is 4.73. The van der Waals surface area contributed by atoms with Gasteiger partial charge in [-0.25, -0.2) is 0 Å². The van der Waals surface area contributed by atoms with Crippen LogP contribution in [-0.4, -0.2) is 12.8 Å². The van der Waals surface area contributed by atoms with Crippen LogP contribution in [0.5, 0.6) is 0 Å². The molecule has 0 atom stereocenters. The fraction of sp³-hybridized carbons (Fsp3) is 0.300. The quantitative estimate of drug-likeness (QED) is 0.586.